The second-order valence-electron chi connectivity index (χ2n) is 4.54. The van der Waals surface area contributed by atoms with Crippen molar-refractivity contribution in [2.75, 3.05) is 12.0 Å². The molecule has 1 fully saturated rings. The fraction of sp³-hybridized carbons (Fsp3) is 0.667. The largest absolute Gasteiger partial charge is 0.378 e. The number of nitrogens with two attached hydrogens (primary N) is 1. The van der Waals surface area contributed by atoms with Gasteiger partial charge in [-0.25, -0.2) is 15.8 Å². The zero-order valence-corrected chi connectivity index (χ0v) is 10.5. The molecule has 2 rings (SSSR count). The standard InChI is InChI=1S/C12H20N4O/c1-8-9(2)14-11(15-12(8)16-13)7-10-5-3-4-6-17-10/h10H,3-7,13H2,1-2H3,(H,14,15,16). The fourth-order valence-corrected chi connectivity index (χ4v) is 2.09. The lowest BCUT2D eigenvalue weighted by Crippen LogP contribution is -2.23. The molecule has 1 aromatic heterocycles. The second-order valence-corrected chi connectivity index (χ2v) is 4.54. The third-order valence-corrected chi connectivity index (χ3v) is 3.26. The minimum absolute atomic E-state index is 0.261. The van der Waals surface area contributed by atoms with Gasteiger partial charge in [-0.1, -0.05) is 0 Å². The Hall–Kier alpha value is -1.20. The predicted octanol–water partition coefficient (Wildman–Crippen LogP) is 1.49. The number of aromatic nitrogens is 2. The van der Waals surface area contributed by atoms with Crippen molar-refractivity contribution in [3.05, 3.63) is 17.1 Å². The van der Waals surface area contributed by atoms with Gasteiger partial charge in [0.1, 0.15) is 11.6 Å². The topological polar surface area (TPSA) is 73.1 Å². The van der Waals surface area contributed by atoms with Crippen LogP contribution in [0.15, 0.2) is 0 Å². The molecule has 0 aromatic carbocycles. The van der Waals surface area contributed by atoms with Crippen LogP contribution in [0.4, 0.5) is 5.82 Å². The van der Waals surface area contributed by atoms with Gasteiger partial charge in [-0.2, -0.15) is 0 Å². The van der Waals surface area contributed by atoms with Gasteiger partial charge < -0.3 is 10.2 Å². The van der Waals surface area contributed by atoms with Crippen molar-refractivity contribution in [1.29, 1.82) is 0 Å². The lowest BCUT2D eigenvalue weighted by molar-refractivity contribution is 0.0156. The molecular formula is C12H20N4O. The van der Waals surface area contributed by atoms with Crippen LogP contribution in [0.1, 0.15) is 36.3 Å². The van der Waals surface area contributed by atoms with Crippen LogP contribution in [0, 0.1) is 13.8 Å². The van der Waals surface area contributed by atoms with Crippen LogP contribution in [0.3, 0.4) is 0 Å². The van der Waals surface area contributed by atoms with Crippen LogP contribution < -0.4 is 11.3 Å². The summed E-state index contributed by atoms with van der Waals surface area (Å²) in [6.07, 6.45) is 4.53. The van der Waals surface area contributed by atoms with Crippen molar-refractivity contribution in [3.8, 4) is 0 Å². The zero-order chi connectivity index (χ0) is 12.3. The third-order valence-electron chi connectivity index (χ3n) is 3.26. The van der Waals surface area contributed by atoms with Gasteiger partial charge in [-0.05, 0) is 33.1 Å². The summed E-state index contributed by atoms with van der Waals surface area (Å²) in [7, 11) is 0. The van der Waals surface area contributed by atoms with E-state index in [-0.39, 0.29) is 6.10 Å². The first-order valence-corrected chi connectivity index (χ1v) is 6.13. The van der Waals surface area contributed by atoms with Crippen LogP contribution in [-0.2, 0) is 11.2 Å². The number of aryl methyl sites for hydroxylation is 1. The van der Waals surface area contributed by atoms with E-state index in [0.717, 1.165) is 36.5 Å². The number of hydrazine groups is 1. The van der Waals surface area contributed by atoms with E-state index in [4.69, 9.17) is 10.6 Å². The Morgan fingerprint density at radius 1 is 1.35 bits per heavy atom. The molecule has 0 spiro atoms. The van der Waals surface area contributed by atoms with E-state index < -0.39 is 0 Å². The highest BCUT2D eigenvalue weighted by atomic mass is 16.5. The Bertz CT molecular complexity index is 388. The van der Waals surface area contributed by atoms with Gasteiger partial charge in [0.05, 0.1) is 6.10 Å². The van der Waals surface area contributed by atoms with E-state index >= 15 is 0 Å². The Labute approximate surface area is 102 Å². The number of rotatable bonds is 3. The molecule has 0 aliphatic carbocycles. The van der Waals surface area contributed by atoms with Crippen molar-refractivity contribution < 1.29 is 4.74 Å². The Morgan fingerprint density at radius 3 is 2.82 bits per heavy atom. The molecule has 2 heterocycles. The first-order valence-electron chi connectivity index (χ1n) is 6.13. The molecule has 94 valence electrons. The normalized spacial score (nSPS) is 20.3. The molecule has 17 heavy (non-hydrogen) atoms. The van der Waals surface area contributed by atoms with Gasteiger partial charge in [0.15, 0.2) is 0 Å². The molecule has 0 bridgehead atoms. The van der Waals surface area contributed by atoms with Crippen LogP contribution >= 0.6 is 0 Å². The van der Waals surface area contributed by atoms with E-state index in [2.05, 4.69) is 15.4 Å². The molecule has 5 heteroatoms. The molecule has 1 atom stereocenters. The molecular weight excluding hydrogens is 216 g/mol. The van der Waals surface area contributed by atoms with Crippen LogP contribution in [0.5, 0.6) is 0 Å². The van der Waals surface area contributed by atoms with Gasteiger partial charge >= 0.3 is 0 Å². The summed E-state index contributed by atoms with van der Waals surface area (Å²) in [6.45, 7) is 4.80. The van der Waals surface area contributed by atoms with Crippen LogP contribution in [0.2, 0.25) is 0 Å². The molecule has 1 unspecified atom stereocenters. The Kier molecular flexibility index (Phi) is 3.91. The molecule has 1 aliphatic rings. The monoisotopic (exact) mass is 236 g/mol. The molecule has 3 N–H and O–H groups in total. The van der Waals surface area contributed by atoms with Crippen molar-refractivity contribution >= 4 is 5.82 Å². The smallest absolute Gasteiger partial charge is 0.146 e. The molecule has 1 aromatic rings. The van der Waals surface area contributed by atoms with E-state index in [1.54, 1.807) is 0 Å². The zero-order valence-electron chi connectivity index (χ0n) is 10.5. The van der Waals surface area contributed by atoms with E-state index in [0.29, 0.717) is 5.82 Å². The highest BCUT2D eigenvalue weighted by Gasteiger charge is 2.17. The van der Waals surface area contributed by atoms with Crippen LogP contribution in [0.25, 0.3) is 0 Å². The third kappa shape index (κ3) is 2.92. The number of nitrogens with zero attached hydrogens (tertiary/aromatic N) is 2. The maximum absolute atomic E-state index is 5.69. The Morgan fingerprint density at radius 2 is 2.18 bits per heavy atom. The van der Waals surface area contributed by atoms with Gasteiger partial charge in [-0.3, -0.25) is 0 Å². The van der Waals surface area contributed by atoms with Crippen molar-refractivity contribution in [2.24, 2.45) is 5.84 Å². The summed E-state index contributed by atoms with van der Waals surface area (Å²) < 4.78 is 5.69. The minimum atomic E-state index is 0.261. The summed E-state index contributed by atoms with van der Waals surface area (Å²) >= 11 is 0. The molecule has 1 saturated heterocycles. The first kappa shape index (κ1) is 12.3. The van der Waals surface area contributed by atoms with Crippen molar-refractivity contribution in [2.45, 2.75) is 45.6 Å². The molecule has 0 amide bonds. The maximum atomic E-state index is 5.69. The fourth-order valence-electron chi connectivity index (χ4n) is 2.09. The number of anilines is 1. The highest BCUT2D eigenvalue weighted by Crippen LogP contribution is 2.18. The number of ether oxygens (including phenoxy) is 1. The summed E-state index contributed by atoms with van der Waals surface area (Å²) in [4.78, 5) is 8.91. The number of nitrogen functional groups attached to an aromatic ring is 1. The summed E-state index contributed by atoms with van der Waals surface area (Å²) in [5.41, 5.74) is 4.59. The Balaban J connectivity index is 2.12. The van der Waals surface area contributed by atoms with Crippen molar-refractivity contribution in [3.63, 3.8) is 0 Å². The minimum Gasteiger partial charge on any atom is -0.378 e. The van der Waals surface area contributed by atoms with Gasteiger partial charge in [0.2, 0.25) is 0 Å². The van der Waals surface area contributed by atoms with Crippen LogP contribution in [-0.4, -0.2) is 22.7 Å². The number of hydrogen-bond donors (Lipinski definition) is 2. The van der Waals surface area contributed by atoms with E-state index in [9.17, 15) is 0 Å². The van der Waals surface area contributed by atoms with Gasteiger partial charge in [0, 0.05) is 24.3 Å². The summed E-state index contributed by atoms with van der Waals surface area (Å²) in [5, 5.41) is 0. The summed E-state index contributed by atoms with van der Waals surface area (Å²) in [6, 6.07) is 0. The number of hydrogen-bond acceptors (Lipinski definition) is 5. The second kappa shape index (κ2) is 5.42. The predicted molar refractivity (Wildman–Crippen MR) is 66.6 cm³/mol. The van der Waals surface area contributed by atoms with E-state index in [1.807, 2.05) is 13.8 Å². The quantitative estimate of drug-likeness (QED) is 0.614. The average molecular weight is 236 g/mol. The maximum Gasteiger partial charge on any atom is 0.146 e. The molecule has 5 nitrogen and oxygen atoms in total. The summed E-state index contributed by atoms with van der Waals surface area (Å²) in [5.74, 6) is 6.97. The molecule has 1 aliphatic heterocycles. The molecule has 0 radical (unpaired) electrons. The molecule has 0 saturated carbocycles. The van der Waals surface area contributed by atoms with E-state index in [1.165, 1.54) is 12.8 Å². The van der Waals surface area contributed by atoms with Gasteiger partial charge in [0.25, 0.3) is 0 Å². The first-order chi connectivity index (χ1) is 8.20. The van der Waals surface area contributed by atoms with Crippen molar-refractivity contribution in [1.82, 2.24) is 9.97 Å². The average Bonchev–Trinajstić information content (AvgIpc) is 2.35. The van der Waals surface area contributed by atoms with Gasteiger partial charge in [-0.15, -0.1) is 0 Å². The highest BCUT2D eigenvalue weighted by molar-refractivity contribution is 5.44. The SMILES string of the molecule is Cc1nc(CC2CCCCO2)nc(NN)c1C. The lowest BCUT2D eigenvalue weighted by Gasteiger charge is -2.22. The number of nitrogens with one attached hydrogen (secondary N) is 1. The lowest BCUT2D eigenvalue weighted by atomic mass is 10.1.